The van der Waals surface area contributed by atoms with Gasteiger partial charge in [-0.1, -0.05) is 11.6 Å². The molecule has 1 heterocycles. The van der Waals surface area contributed by atoms with E-state index in [-0.39, 0.29) is 17.1 Å². The Morgan fingerprint density at radius 3 is 2.80 bits per heavy atom. The van der Waals surface area contributed by atoms with Gasteiger partial charge in [0.25, 0.3) is 0 Å². The van der Waals surface area contributed by atoms with Crippen molar-refractivity contribution in [1.82, 2.24) is 15.3 Å². The van der Waals surface area contributed by atoms with Crippen LogP contribution >= 0.6 is 11.6 Å². The molecule has 7 nitrogen and oxygen atoms in total. The van der Waals surface area contributed by atoms with Crippen LogP contribution in [0.4, 0.5) is 10.5 Å². The molecule has 0 spiro atoms. The Balaban J connectivity index is 1.95. The second kappa shape index (κ2) is 6.07. The SMILES string of the molecule is O=C(NCc1cnc[nH]1)Nc1ccc(C(=O)O)cc1Cl. The fraction of sp³-hybridized carbons (Fsp3) is 0.0833. The van der Waals surface area contributed by atoms with E-state index in [4.69, 9.17) is 16.7 Å². The highest BCUT2D eigenvalue weighted by Gasteiger charge is 2.09. The van der Waals surface area contributed by atoms with Gasteiger partial charge < -0.3 is 20.7 Å². The van der Waals surface area contributed by atoms with Crippen LogP contribution in [0.15, 0.2) is 30.7 Å². The number of imidazole rings is 1. The number of aromatic carboxylic acids is 1. The summed E-state index contributed by atoms with van der Waals surface area (Å²) in [6, 6.07) is 3.61. The lowest BCUT2D eigenvalue weighted by Gasteiger charge is -2.08. The third-order valence-corrected chi connectivity index (χ3v) is 2.77. The lowest BCUT2D eigenvalue weighted by molar-refractivity contribution is 0.0697. The van der Waals surface area contributed by atoms with Crippen LogP contribution in [0, 0.1) is 0 Å². The Morgan fingerprint density at radius 2 is 2.20 bits per heavy atom. The van der Waals surface area contributed by atoms with Gasteiger partial charge in [0.2, 0.25) is 0 Å². The topological polar surface area (TPSA) is 107 Å². The molecule has 1 aromatic carbocycles. The molecule has 0 bridgehead atoms. The molecule has 2 rings (SSSR count). The van der Waals surface area contributed by atoms with E-state index >= 15 is 0 Å². The van der Waals surface area contributed by atoms with Gasteiger partial charge in [-0.15, -0.1) is 0 Å². The van der Waals surface area contributed by atoms with Crippen LogP contribution in [0.3, 0.4) is 0 Å². The molecule has 0 aliphatic heterocycles. The van der Waals surface area contributed by atoms with Crippen molar-refractivity contribution >= 4 is 29.3 Å². The molecule has 20 heavy (non-hydrogen) atoms. The van der Waals surface area contributed by atoms with Crippen molar-refractivity contribution in [3.05, 3.63) is 47.0 Å². The molecule has 2 aromatic rings. The number of aromatic amines is 1. The number of hydrogen-bond donors (Lipinski definition) is 4. The molecule has 0 atom stereocenters. The highest BCUT2D eigenvalue weighted by Crippen LogP contribution is 2.22. The van der Waals surface area contributed by atoms with Gasteiger partial charge in [0, 0.05) is 6.20 Å². The highest BCUT2D eigenvalue weighted by molar-refractivity contribution is 6.34. The average Bonchev–Trinajstić information content (AvgIpc) is 2.91. The first-order valence-electron chi connectivity index (χ1n) is 5.61. The lowest BCUT2D eigenvalue weighted by Crippen LogP contribution is -2.28. The van der Waals surface area contributed by atoms with Crippen LogP contribution in [0.2, 0.25) is 5.02 Å². The number of aromatic nitrogens is 2. The van der Waals surface area contributed by atoms with Crippen molar-refractivity contribution in [1.29, 1.82) is 0 Å². The molecular formula is C12H11ClN4O3. The van der Waals surface area contributed by atoms with E-state index in [2.05, 4.69) is 20.6 Å². The summed E-state index contributed by atoms with van der Waals surface area (Å²) in [5.74, 6) is -1.08. The number of rotatable bonds is 4. The summed E-state index contributed by atoms with van der Waals surface area (Å²) < 4.78 is 0. The van der Waals surface area contributed by atoms with Crippen LogP contribution < -0.4 is 10.6 Å². The van der Waals surface area contributed by atoms with Crippen molar-refractivity contribution in [2.75, 3.05) is 5.32 Å². The van der Waals surface area contributed by atoms with E-state index in [0.717, 1.165) is 5.69 Å². The third kappa shape index (κ3) is 3.48. The summed E-state index contributed by atoms with van der Waals surface area (Å²) in [7, 11) is 0. The lowest BCUT2D eigenvalue weighted by atomic mass is 10.2. The quantitative estimate of drug-likeness (QED) is 0.692. The van der Waals surface area contributed by atoms with Gasteiger partial charge in [0.05, 0.1) is 34.8 Å². The van der Waals surface area contributed by atoms with Gasteiger partial charge in [-0.3, -0.25) is 0 Å². The van der Waals surface area contributed by atoms with E-state index in [9.17, 15) is 9.59 Å². The van der Waals surface area contributed by atoms with Crippen molar-refractivity contribution in [3.8, 4) is 0 Å². The predicted molar refractivity (Wildman–Crippen MR) is 72.9 cm³/mol. The number of nitrogens with one attached hydrogen (secondary N) is 3. The smallest absolute Gasteiger partial charge is 0.335 e. The minimum atomic E-state index is -1.08. The second-order valence-electron chi connectivity index (χ2n) is 3.88. The predicted octanol–water partition coefficient (Wildman–Crippen LogP) is 2.08. The third-order valence-electron chi connectivity index (χ3n) is 2.46. The maximum absolute atomic E-state index is 11.6. The monoisotopic (exact) mass is 294 g/mol. The Bertz CT molecular complexity index is 628. The van der Waals surface area contributed by atoms with E-state index in [1.54, 1.807) is 6.20 Å². The highest BCUT2D eigenvalue weighted by atomic mass is 35.5. The molecule has 0 radical (unpaired) electrons. The summed E-state index contributed by atoms with van der Waals surface area (Å²) in [5.41, 5.74) is 1.14. The first-order valence-corrected chi connectivity index (χ1v) is 5.99. The number of H-pyrrole nitrogens is 1. The normalized spacial score (nSPS) is 10.1. The van der Waals surface area contributed by atoms with Gasteiger partial charge in [-0.2, -0.15) is 0 Å². The average molecular weight is 295 g/mol. The Morgan fingerprint density at radius 1 is 1.40 bits per heavy atom. The van der Waals surface area contributed by atoms with Crippen LogP contribution in [0.1, 0.15) is 16.1 Å². The van der Waals surface area contributed by atoms with Gasteiger partial charge >= 0.3 is 12.0 Å². The van der Waals surface area contributed by atoms with E-state index in [1.165, 1.54) is 24.5 Å². The second-order valence-corrected chi connectivity index (χ2v) is 4.29. The number of hydrogen-bond acceptors (Lipinski definition) is 3. The number of carboxylic acids is 1. The molecular weight excluding hydrogens is 284 g/mol. The van der Waals surface area contributed by atoms with Crippen LogP contribution in [-0.2, 0) is 6.54 Å². The zero-order valence-corrected chi connectivity index (χ0v) is 10.9. The molecule has 0 unspecified atom stereocenters. The number of urea groups is 1. The minimum absolute atomic E-state index is 0.0541. The fourth-order valence-electron chi connectivity index (χ4n) is 1.47. The largest absolute Gasteiger partial charge is 0.478 e. The van der Waals surface area contributed by atoms with Gasteiger partial charge in [0.15, 0.2) is 0 Å². The number of carboxylic acid groups (broad SMARTS) is 1. The van der Waals surface area contributed by atoms with Gasteiger partial charge in [0.1, 0.15) is 0 Å². The summed E-state index contributed by atoms with van der Waals surface area (Å²) in [5, 5.41) is 14.1. The Labute approximate surface area is 119 Å². The molecule has 0 aliphatic rings. The van der Waals surface area contributed by atoms with E-state index in [0.29, 0.717) is 5.69 Å². The zero-order chi connectivity index (χ0) is 14.5. The maximum atomic E-state index is 11.6. The summed E-state index contributed by atoms with van der Waals surface area (Å²) in [6.45, 7) is 0.288. The minimum Gasteiger partial charge on any atom is -0.478 e. The fourth-order valence-corrected chi connectivity index (χ4v) is 1.70. The number of amides is 2. The maximum Gasteiger partial charge on any atom is 0.335 e. The Hall–Kier alpha value is -2.54. The van der Waals surface area contributed by atoms with Gasteiger partial charge in [-0.25, -0.2) is 14.6 Å². The Kier molecular flexibility index (Phi) is 4.21. The number of carbonyl (C=O) groups excluding carboxylic acids is 1. The van der Waals surface area contributed by atoms with Crippen molar-refractivity contribution in [3.63, 3.8) is 0 Å². The molecule has 104 valence electrons. The first kappa shape index (κ1) is 13.9. The summed E-state index contributed by atoms with van der Waals surface area (Å²) in [4.78, 5) is 29.1. The molecule has 2 amide bonds. The zero-order valence-electron chi connectivity index (χ0n) is 10.2. The van der Waals surface area contributed by atoms with Crippen molar-refractivity contribution in [2.45, 2.75) is 6.54 Å². The number of carbonyl (C=O) groups is 2. The van der Waals surface area contributed by atoms with Crippen LogP contribution in [0.25, 0.3) is 0 Å². The molecule has 4 N–H and O–H groups in total. The van der Waals surface area contributed by atoms with E-state index in [1.807, 2.05) is 0 Å². The summed E-state index contributed by atoms with van der Waals surface area (Å²) in [6.07, 6.45) is 3.10. The number of halogens is 1. The molecule has 1 aromatic heterocycles. The number of nitrogens with zero attached hydrogens (tertiary/aromatic N) is 1. The van der Waals surface area contributed by atoms with Crippen molar-refractivity contribution in [2.24, 2.45) is 0 Å². The number of anilines is 1. The van der Waals surface area contributed by atoms with E-state index < -0.39 is 12.0 Å². The molecule has 0 aliphatic carbocycles. The van der Waals surface area contributed by atoms with Crippen LogP contribution in [-0.4, -0.2) is 27.1 Å². The first-order chi connectivity index (χ1) is 9.56. The molecule has 8 heteroatoms. The molecule has 0 saturated heterocycles. The summed E-state index contributed by atoms with van der Waals surface area (Å²) >= 11 is 5.90. The van der Waals surface area contributed by atoms with Crippen LogP contribution in [0.5, 0.6) is 0 Å². The van der Waals surface area contributed by atoms with Gasteiger partial charge in [-0.05, 0) is 18.2 Å². The molecule has 0 saturated carbocycles. The molecule has 0 fully saturated rings. The van der Waals surface area contributed by atoms with Crippen molar-refractivity contribution < 1.29 is 14.7 Å². The number of benzene rings is 1. The standard InChI is InChI=1S/C12H11ClN4O3/c13-9-3-7(11(18)19)1-2-10(9)17-12(20)15-5-8-4-14-6-16-8/h1-4,6H,5H2,(H,14,16)(H,18,19)(H2,15,17,20).